The molecule has 4 rings (SSSR count). The number of fused-ring (bicyclic) bond motifs is 2. The molecular formula is C19H22N2O2S. The Morgan fingerprint density at radius 2 is 1.96 bits per heavy atom. The van der Waals surface area contributed by atoms with Crippen molar-refractivity contribution < 1.29 is 9.59 Å². The van der Waals surface area contributed by atoms with E-state index in [-0.39, 0.29) is 17.9 Å². The number of nitrogens with two attached hydrogens (primary N) is 1. The van der Waals surface area contributed by atoms with E-state index in [9.17, 15) is 9.59 Å². The summed E-state index contributed by atoms with van der Waals surface area (Å²) < 4.78 is 1.12. The van der Waals surface area contributed by atoms with Gasteiger partial charge in [0.2, 0.25) is 5.91 Å². The van der Waals surface area contributed by atoms with Gasteiger partial charge in [0.25, 0.3) is 5.91 Å². The number of rotatable bonds is 2. The number of hydrogen-bond donors (Lipinski definition) is 1. The zero-order valence-corrected chi connectivity index (χ0v) is 14.6. The third kappa shape index (κ3) is 2.34. The van der Waals surface area contributed by atoms with Crippen molar-refractivity contribution in [3.63, 3.8) is 0 Å². The van der Waals surface area contributed by atoms with Crippen LogP contribution in [0.3, 0.4) is 0 Å². The average Bonchev–Trinajstić information content (AvgIpc) is 3.13. The molecule has 1 aliphatic carbocycles. The Morgan fingerprint density at radius 3 is 2.71 bits per heavy atom. The lowest BCUT2D eigenvalue weighted by Crippen LogP contribution is -2.48. The van der Waals surface area contributed by atoms with Crippen molar-refractivity contribution in [1.29, 1.82) is 0 Å². The maximum atomic E-state index is 13.3. The number of likely N-dealkylation sites (tertiary alicyclic amines) is 1. The average molecular weight is 342 g/mol. The van der Waals surface area contributed by atoms with Crippen molar-refractivity contribution in [1.82, 2.24) is 4.90 Å². The van der Waals surface area contributed by atoms with Gasteiger partial charge in [-0.25, -0.2) is 0 Å². The molecule has 4 nitrogen and oxygen atoms in total. The van der Waals surface area contributed by atoms with Gasteiger partial charge >= 0.3 is 0 Å². The fourth-order valence-electron chi connectivity index (χ4n) is 4.50. The number of primary amides is 1. The predicted molar refractivity (Wildman–Crippen MR) is 96.1 cm³/mol. The van der Waals surface area contributed by atoms with Gasteiger partial charge in [0.15, 0.2) is 0 Å². The Morgan fingerprint density at radius 1 is 1.21 bits per heavy atom. The summed E-state index contributed by atoms with van der Waals surface area (Å²) in [5.74, 6) is 0.0540. The predicted octanol–water partition coefficient (Wildman–Crippen LogP) is 3.47. The molecule has 0 radical (unpaired) electrons. The number of amides is 2. The lowest BCUT2D eigenvalue weighted by molar-refractivity contribution is -0.122. The zero-order chi connectivity index (χ0) is 16.8. The van der Waals surface area contributed by atoms with Crippen molar-refractivity contribution >= 4 is 33.2 Å². The minimum absolute atomic E-state index is 0.00750. The first-order chi connectivity index (χ1) is 11.6. The van der Waals surface area contributed by atoms with Crippen molar-refractivity contribution in [2.45, 2.75) is 51.1 Å². The first-order valence-corrected chi connectivity index (χ1v) is 9.49. The van der Waals surface area contributed by atoms with Gasteiger partial charge in [0, 0.05) is 10.7 Å². The maximum Gasteiger partial charge on any atom is 0.265 e. The quantitative estimate of drug-likeness (QED) is 0.908. The van der Waals surface area contributed by atoms with E-state index in [2.05, 4.69) is 6.07 Å². The molecule has 2 aromatic rings. The van der Waals surface area contributed by atoms with Crippen LogP contribution in [0.15, 0.2) is 24.3 Å². The first-order valence-electron chi connectivity index (χ1n) is 8.68. The fraction of sp³-hybridized carbons (Fsp3) is 0.474. The van der Waals surface area contributed by atoms with Crippen LogP contribution in [0, 0.1) is 12.8 Å². The monoisotopic (exact) mass is 342 g/mol. The Kier molecular flexibility index (Phi) is 3.83. The second-order valence-electron chi connectivity index (χ2n) is 7.03. The normalized spacial score (nSPS) is 26.5. The second-order valence-corrected chi connectivity index (χ2v) is 8.08. The van der Waals surface area contributed by atoms with Gasteiger partial charge in [-0.05, 0) is 49.1 Å². The van der Waals surface area contributed by atoms with E-state index >= 15 is 0 Å². The van der Waals surface area contributed by atoms with Crippen molar-refractivity contribution in [3.8, 4) is 0 Å². The maximum absolute atomic E-state index is 13.3. The highest BCUT2D eigenvalue weighted by molar-refractivity contribution is 7.21. The topological polar surface area (TPSA) is 63.4 Å². The highest BCUT2D eigenvalue weighted by Crippen LogP contribution is 2.42. The van der Waals surface area contributed by atoms with Gasteiger partial charge in [0.05, 0.1) is 4.88 Å². The molecule has 5 heteroatoms. The lowest BCUT2D eigenvalue weighted by atomic mass is 9.84. The van der Waals surface area contributed by atoms with Crippen LogP contribution < -0.4 is 5.73 Å². The Balaban J connectivity index is 1.75. The summed E-state index contributed by atoms with van der Waals surface area (Å²) in [6.07, 6.45) is 5.14. The number of carbonyl (C=O) groups is 2. The Hall–Kier alpha value is -1.88. The van der Waals surface area contributed by atoms with Crippen LogP contribution in [0.2, 0.25) is 0 Å². The highest BCUT2D eigenvalue weighted by atomic mass is 32.1. The molecule has 24 heavy (non-hydrogen) atoms. The third-order valence-corrected chi connectivity index (χ3v) is 6.95. The molecule has 3 atom stereocenters. The summed E-state index contributed by atoms with van der Waals surface area (Å²) in [7, 11) is 0. The third-order valence-electron chi connectivity index (χ3n) is 5.69. The van der Waals surface area contributed by atoms with Crippen LogP contribution in [0.4, 0.5) is 0 Å². The summed E-state index contributed by atoms with van der Waals surface area (Å²) in [5.41, 5.74) is 6.66. The molecule has 0 bridgehead atoms. The van der Waals surface area contributed by atoms with Gasteiger partial charge in [-0.15, -0.1) is 11.3 Å². The Labute approximate surface area is 145 Å². The fourth-order valence-corrected chi connectivity index (χ4v) is 5.66. The molecule has 1 aromatic carbocycles. The van der Waals surface area contributed by atoms with Crippen molar-refractivity contribution in [2.75, 3.05) is 0 Å². The van der Waals surface area contributed by atoms with Crippen LogP contribution in [-0.2, 0) is 4.79 Å². The largest absolute Gasteiger partial charge is 0.368 e. The number of thiophene rings is 1. The summed E-state index contributed by atoms with van der Waals surface area (Å²) >= 11 is 1.53. The van der Waals surface area contributed by atoms with E-state index in [1.807, 2.05) is 30.0 Å². The highest BCUT2D eigenvalue weighted by Gasteiger charge is 2.47. The second kappa shape index (κ2) is 5.88. The number of benzene rings is 1. The van der Waals surface area contributed by atoms with Crippen LogP contribution in [-0.4, -0.2) is 28.8 Å². The molecule has 2 N–H and O–H groups in total. The van der Waals surface area contributed by atoms with Gasteiger partial charge in [-0.3, -0.25) is 9.59 Å². The molecule has 1 saturated carbocycles. The Bertz CT molecular complexity index is 813. The molecule has 1 aromatic heterocycles. The summed E-state index contributed by atoms with van der Waals surface area (Å²) in [4.78, 5) is 27.9. The molecule has 126 valence electrons. The number of nitrogens with zero attached hydrogens (tertiary/aromatic N) is 1. The number of hydrogen-bond acceptors (Lipinski definition) is 3. The van der Waals surface area contributed by atoms with Crippen LogP contribution in [0.1, 0.15) is 47.3 Å². The number of aryl methyl sites for hydroxylation is 1. The number of carbonyl (C=O) groups excluding carboxylic acids is 2. The van der Waals surface area contributed by atoms with E-state index < -0.39 is 6.04 Å². The van der Waals surface area contributed by atoms with Gasteiger partial charge in [0.1, 0.15) is 6.04 Å². The molecule has 1 aliphatic heterocycles. The molecule has 2 heterocycles. The molecule has 0 unspecified atom stereocenters. The van der Waals surface area contributed by atoms with Crippen molar-refractivity contribution in [2.24, 2.45) is 11.7 Å². The molecule has 2 aliphatic rings. The van der Waals surface area contributed by atoms with Gasteiger partial charge < -0.3 is 10.6 Å². The van der Waals surface area contributed by atoms with E-state index in [1.165, 1.54) is 17.8 Å². The summed E-state index contributed by atoms with van der Waals surface area (Å²) in [5, 5.41) is 1.13. The molecule has 2 amide bonds. The molecule has 0 spiro atoms. The van der Waals surface area contributed by atoms with E-state index in [0.717, 1.165) is 46.2 Å². The molecule has 1 saturated heterocycles. The smallest absolute Gasteiger partial charge is 0.265 e. The zero-order valence-electron chi connectivity index (χ0n) is 13.8. The van der Waals surface area contributed by atoms with Gasteiger partial charge in [-0.1, -0.05) is 31.0 Å². The molecule has 2 fully saturated rings. The minimum atomic E-state index is -0.449. The van der Waals surface area contributed by atoms with E-state index in [4.69, 9.17) is 5.73 Å². The van der Waals surface area contributed by atoms with Crippen LogP contribution >= 0.6 is 11.3 Å². The van der Waals surface area contributed by atoms with Crippen LogP contribution in [0.5, 0.6) is 0 Å². The standard InChI is InChI=1S/C19H22N2O2S/c1-11-13-7-3-5-9-16(13)24-17(11)19(23)21-14-8-4-2-6-12(14)10-15(21)18(20)22/h3,5,7,9,12,14-15H,2,4,6,8,10H2,1H3,(H2,20,22)/t12-,14-,15-/m0/s1. The van der Waals surface area contributed by atoms with E-state index in [1.54, 1.807) is 0 Å². The minimum Gasteiger partial charge on any atom is -0.368 e. The first kappa shape index (κ1) is 15.6. The lowest BCUT2D eigenvalue weighted by Gasteiger charge is -2.33. The summed E-state index contributed by atoms with van der Waals surface area (Å²) in [6.45, 7) is 2.00. The SMILES string of the molecule is Cc1c(C(=O)N2[C@H](C(N)=O)C[C@@H]3CCCC[C@@H]32)sc2ccccc12. The summed E-state index contributed by atoms with van der Waals surface area (Å²) in [6, 6.07) is 7.81. The van der Waals surface area contributed by atoms with Crippen LogP contribution in [0.25, 0.3) is 10.1 Å². The van der Waals surface area contributed by atoms with E-state index in [0.29, 0.717) is 5.92 Å². The van der Waals surface area contributed by atoms with Gasteiger partial charge in [-0.2, -0.15) is 0 Å². The van der Waals surface area contributed by atoms with Crippen molar-refractivity contribution in [3.05, 3.63) is 34.7 Å². The molecular weight excluding hydrogens is 320 g/mol.